The number of rotatable bonds is 5. The Kier molecular flexibility index (Phi) is 5.09. The standard InChI is InChI=1S/C23H27FN2O/c1-6-26(7-2)18-11-8-16(21(27)15-18)9-13-22-23(3,4)19-14-17(24)10-12-20(19)25(22)5/h8-15H,6-7H2,1-5H3/p+1. The Morgan fingerprint density at radius 2 is 1.78 bits per heavy atom. The van der Waals surface area contributed by atoms with Gasteiger partial charge in [-0.3, -0.25) is 0 Å². The van der Waals surface area contributed by atoms with Crippen LogP contribution in [0.3, 0.4) is 0 Å². The van der Waals surface area contributed by atoms with Crippen LogP contribution in [-0.4, -0.2) is 35.5 Å². The lowest BCUT2D eigenvalue weighted by Crippen LogP contribution is -2.26. The van der Waals surface area contributed by atoms with Gasteiger partial charge in [-0.05, 0) is 58.0 Å². The molecule has 0 saturated heterocycles. The SMILES string of the molecule is CCN(CC)c1ccc(/C=C/C2=[N+](C)c3ccc(F)cc3C2(C)C)c(O)c1. The molecule has 3 nitrogen and oxygen atoms in total. The van der Waals surface area contributed by atoms with E-state index < -0.39 is 0 Å². The number of anilines is 1. The van der Waals surface area contributed by atoms with Crippen LogP contribution in [0, 0.1) is 5.82 Å². The molecule has 1 N–H and O–H groups in total. The number of benzene rings is 2. The molecule has 1 heterocycles. The van der Waals surface area contributed by atoms with Crippen molar-refractivity contribution in [2.75, 3.05) is 25.0 Å². The van der Waals surface area contributed by atoms with Crippen molar-refractivity contribution in [1.29, 1.82) is 0 Å². The first-order chi connectivity index (χ1) is 12.8. The summed E-state index contributed by atoms with van der Waals surface area (Å²) in [5, 5.41) is 10.5. The zero-order chi connectivity index (χ0) is 19.8. The third-order valence-electron chi connectivity index (χ3n) is 5.56. The van der Waals surface area contributed by atoms with Crippen LogP contribution in [0.15, 0.2) is 42.5 Å². The van der Waals surface area contributed by atoms with Gasteiger partial charge in [-0.25, -0.2) is 4.39 Å². The topological polar surface area (TPSA) is 26.5 Å². The van der Waals surface area contributed by atoms with Crippen LogP contribution in [0.5, 0.6) is 5.75 Å². The fourth-order valence-corrected chi connectivity index (χ4v) is 3.94. The largest absolute Gasteiger partial charge is 0.507 e. The van der Waals surface area contributed by atoms with Crippen LogP contribution in [0.2, 0.25) is 0 Å². The molecule has 27 heavy (non-hydrogen) atoms. The van der Waals surface area contributed by atoms with E-state index in [9.17, 15) is 9.50 Å². The van der Waals surface area contributed by atoms with E-state index in [1.165, 1.54) is 6.07 Å². The number of hydrogen-bond donors (Lipinski definition) is 1. The van der Waals surface area contributed by atoms with Crippen molar-refractivity contribution in [1.82, 2.24) is 0 Å². The van der Waals surface area contributed by atoms with Crippen LogP contribution >= 0.6 is 0 Å². The lowest BCUT2D eigenvalue weighted by Gasteiger charge is -2.21. The van der Waals surface area contributed by atoms with E-state index in [1.54, 1.807) is 6.07 Å². The van der Waals surface area contributed by atoms with E-state index in [0.717, 1.165) is 41.3 Å². The molecule has 0 amide bonds. The lowest BCUT2D eigenvalue weighted by molar-refractivity contribution is -0.401. The van der Waals surface area contributed by atoms with Crippen molar-refractivity contribution in [3.63, 3.8) is 0 Å². The molecule has 0 radical (unpaired) electrons. The average Bonchev–Trinajstić information content (AvgIpc) is 2.81. The molecule has 1 aliphatic heterocycles. The number of phenolic OH excluding ortho intramolecular Hbond substituents is 1. The first-order valence-corrected chi connectivity index (χ1v) is 9.46. The molecule has 0 aliphatic carbocycles. The van der Waals surface area contributed by atoms with Gasteiger partial charge >= 0.3 is 0 Å². The number of nitrogens with zero attached hydrogens (tertiary/aromatic N) is 2. The lowest BCUT2D eigenvalue weighted by atomic mass is 9.81. The van der Waals surface area contributed by atoms with Gasteiger partial charge in [-0.1, -0.05) is 0 Å². The Balaban J connectivity index is 1.94. The minimum atomic E-state index is -0.306. The van der Waals surface area contributed by atoms with Crippen molar-refractivity contribution < 1.29 is 14.1 Å². The average molecular weight is 367 g/mol. The van der Waals surface area contributed by atoms with Crippen LogP contribution in [-0.2, 0) is 5.41 Å². The van der Waals surface area contributed by atoms with Gasteiger partial charge < -0.3 is 10.0 Å². The van der Waals surface area contributed by atoms with Gasteiger partial charge in [0.25, 0.3) is 0 Å². The second-order valence-corrected chi connectivity index (χ2v) is 7.48. The molecule has 0 aromatic heterocycles. The van der Waals surface area contributed by atoms with Gasteiger partial charge in [0.05, 0.1) is 5.41 Å². The second kappa shape index (κ2) is 7.18. The highest BCUT2D eigenvalue weighted by molar-refractivity contribution is 6.05. The smallest absolute Gasteiger partial charge is 0.209 e. The quantitative estimate of drug-likeness (QED) is 0.745. The fourth-order valence-electron chi connectivity index (χ4n) is 3.94. The summed E-state index contributed by atoms with van der Waals surface area (Å²) in [5.41, 5.74) is 4.54. The summed E-state index contributed by atoms with van der Waals surface area (Å²) in [6.07, 6.45) is 3.95. The minimum Gasteiger partial charge on any atom is -0.507 e. The zero-order valence-corrected chi connectivity index (χ0v) is 16.8. The molecule has 0 spiro atoms. The summed E-state index contributed by atoms with van der Waals surface area (Å²) in [6.45, 7) is 10.2. The Morgan fingerprint density at radius 3 is 2.41 bits per heavy atom. The summed E-state index contributed by atoms with van der Waals surface area (Å²) >= 11 is 0. The van der Waals surface area contributed by atoms with Crippen LogP contribution < -0.4 is 4.90 Å². The van der Waals surface area contributed by atoms with E-state index in [-0.39, 0.29) is 17.0 Å². The molecule has 142 valence electrons. The third kappa shape index (κ3) is 3.36. The van der Waals surface area contributed by atoms with Gasteiger partial charge in [-0.2, -0.15) is 4.58 Å². The van der Waals surface area contributed by atoms with Crippen LogP contribution in [0.4, 0.5) is 15.8 Å². The van der Waals surface area contributed by atoms with E-state index in [0.29, 0.717) is 0 Å². The van der Waals surface area contributed by atoms with Gasteiger partial charge in [0.1, 0.15) is 18.6 Å². The summed E-state index contributed by atoms with van der Waals surface area (Å²) in [7, 11) is 1.99. The van der Waals surface area contributed by atoms with Crippen molar-refractivity contribution >= 4 is 23.2 Å². The maximum absolute atomic E-state index is 13.7. The maximum atomic E-state index is 13.7. The maximum Gasteiger partial charge on any atom is 0.209 e. The van der Waals surface area contributed by atoms with Crippen molar-refractivity contribution in [3.05, 3.63) is 59.4 Å². The number of fused-ring (bicyclic) bond motifs is 1. The summed E-state index contributed by atoms with van der Waals surface area (Å²) in [5.74, 6) is 0.0448. The Hall–Kier alpha value is -2.62. The fraction of sp³-hybridized carbons (Fsp3) is 0.348. The molecule has 1 aliphatic rings. The normalized spacial score (nSPS) is 15.5. The monoisotopic (exact) mass is 367 g/mol. The number of hydrogen-bond acceptors (Lipinski definition) is 2. The highest BCUT2D eigenvalue weighted by Crippen LogP contribution is 2.40. The molecule has 0 fully saturated rings. The predicted molar refractivity (Wildman–Crippen MR) is 111 cm³/mol. The Bertz CT molecular complexity index is 924. The van der Waals surface area contributed by atoms with Crippen LogP contribution in [0.1, 0.15) is 38.8 Å². The molecule has 0 saturated carbocycles. The highest BCUT2D eigenvalue weighted by atomic mass is 19.1. The van der Waals surface area contributed by atoms with Gasteiger partial charge in [0.2, 0.25) is 5.69 Å². The van der Waals surface area contributed by atoms with Crippen molar-refractivity contribution in [3.8, 4) is 5.75 Å². The van der Waals surface area contributed by atoms with E-state index >= 15 is 0 Å². The summed E-state index contributed by atoms with van der Waals surface area (Å²) < 4.78 is 15.8. The highest BCUT2D eigenvalue weighted by Gasteiger charge is 2.43. The molecule has 0 unspecified atom stereocenters. The number of halogens is 1. The van der Waals surface area contributed by atoms with Crippen molar-refractivity contribution in [2.45, 2.75) is 33.1 Å². The van der Waals surface area contributed by atoms with Gasteiger partial charge in [-0.15, -0.1) is 0 Å². The number of allylic oxidation sites excluding steroid dienone is 1. The van der Waals surface area contributed by atoms with Gasteiger partial charge in [0.15, 0.2) is 5.71 Å². The van der Waals surface area contributed by atoms with E-state index in [4.69, 9.17) is 0 Å². The molecular formula is C23H28FN2O+. The summed E-state index contributed by atoms with van der Waals surface area (Å²) in [6, 6.07) is 10.7. The van der Waals surface area contributed by atoms with E-state index in [1.807, 2.05) is 43.5 Å². The molecular weight excluding hydrogens is 339 g/mol. The molecule has 0 bridgehead atoms. The number of aromatic hydroxyl groups is 1. The molecule has 2 aromatic rings. The van der Waals surface area contributed by atoms with Crippen molar-refractivity contribution in [2.24, 2.45) is 0 Å². The minimum absolute atomic E-state index is 0.218. The second-order valence-electron chi connectivity index (χ2n) is 7.48. The Labute approximate surface area is 161 Å². The van der Waals surface area contributed by atoms with Gasteiger partial charge in [0, 0.05) is 48.1 Å². The predicted octanol–water partition coefficient (Wildman–Crippen LogP) is 5.10. The first kappa shape index (κ1) is 19.2. The van der Waals surface area contributed by atoms with Crippen LogP contribution in [0.25, 0.3) is 6.08 Å². The molecule has 0 atom stereocenters. The number of phenols is 1. The molecule has 2 aromatic carbocycles. The molecule has 4 heteroatoms. The molecule has 3 rings (SSSR count). The Morgan fingerprint density at radius 1 is 1.07 bits per heavy atom. The summed E-state index contributed by atoms with van der Waals surface area (Å²) in [4.78, 5) is 2.20. The first-order valence-electron chi connectivity index (χ1n) is 9.46. The van der Waals surface area contributed by atoms with E-state index in [2.05, 4.69) is 37.2 Å². The third-order valence-corrected chi connectivity index (χ3v) is 5.56. The zero-order valence-electron chi connectivity index (χ0n) is 16.8.